The molecule has 1 aromatic rings. The maximum Gasteiger partial charge on any atom is 0.157 e. The second-order valence-electron chi connectivity index (χ2n) is 11.4. The van der Waals surface area contributed by atoms with Gasteiger partial charge in [0.1, 0.15) is 11.5 Å². The van der Waals surface area contributed by atoms with Crippen LogP contribution in [0.4, 0.5) is 0 Å². The summed E-state index contributed by atoms with van der Waals surface area (Å²) in [7, 11) is 1.76. The number of rotatable bonds is 9. The lowest BCUT2D eigenvalue weighted by atomic mass is 9.61. The molecule has 0 N–H and O–H groups in total. The molecule has 0 bridgehead atoms. The van der Waals surface area contributed by atoms with Crippen LogP contribution in [0.2, 0.25) is 0 Å². The first kappa shape index (κ1) is 23.4. The Kier molecular flexibility index (Phi) is 6.61. The summed E-state index contributed by atoms with van der Waals surface area (Å²) in [5, 5.41) is 0. The largest absolute Gasteiger partial charge is 0.496 e. The van der Waals surface area contributed by atoms with E-state index in [0.717, 1.165) is 63.7 Å². The third-order valence-corrected chi connectivity index (χ3v) is 9.57. The van der Waals surface area contributed by atoms with E-state index in [1.165, 1.54) is 36.8 Å². The highest BCUT2D eigenvalue weighted by molar-refractivity contribution is 5.92. The topological polar surface area (TPSA) is 44.8 Å². The minimum absolute atomic E-state index is 0.0447. The fourth-order valence-corrected chi connectivity index (χ4v) is 7.62. The molecule has 1 aliphatic heterocycles. The van der Waals surface area contributed by atoms with Gasteiger partial charge < -0.3 is 14.2 Å². The number of unbranched alkanes of at least 4 members (excludes halogenated alkanes) is 2. The van der Waals surface area contributed by atoms with Crippen molar-refractivity contribution in [3.8, 4) is 5.75 Å². The molecule has 0 radical (unpaired) electrons. The molecule has 0 amide bonds. The Hall–Kier alpha value is -1.39. The summed E-state index contributed by atoms with van der Waals surface area (Å²) < 4.78 is 18.1. The maximum atomic E-state index is 13.6. The molecule has 1 spiro atoms. The van der Waals surface area contributed by atoms with Crippen LogP contribution in [0.5, 0.6) is 5.75 Å². The van der Waals surface area contributed by atoms with Gasteiger partial charge in [-0.25, -0.2) is 0 Å². The van der Waals surface area contributed by atoms with Crippen molar-refractivity contribution in [2.75, 3.05) is 13.7 Å². The Labute approximate surface area is 199 Å². The second-order valence-corrected chi connectivity index (χ2v) is 11.4. The van der Waals surface area contributed by atoms with Crippen molar-refractivity contribution in [3.63, 3.8) is 0 Å². The molecule has 5 rings (SSSR count). The standard InChI is InChI=1S/C29H42O4/c1-4-5-6-11-23(33-27-13-7-8-14-32-27)15-22-19-29(22)26(30)17-21-16-24-20(18-28(21,29)2)10-9-12-25(24)31-3/h9-10,12,21-23,27H,4-8,11,13-19H2,1-3H3/t21-,22?,23-,27?,28-,29?/m0/s1. The minimum atomic E-state index is -0.141. The predicted octanol–water partition coefficient (Wildman–Crippen LogP) is 6.28. The van der Waals surface area contributed by atoms with Crippen molar-refractivity contribution in [3.05, 3.63) is 29.3 Å². The highest BCUT2D eigenvalue weighted by Gasteiger charge is 2.74. The lowest BCUT2D eigenvalue weighted by molar-refractivity contribution is -0.192. The molecule has 4 aliphatic rings. The van der Waals surface area contributed by atoms with E-state index in [4.69, 9.17) is 14.2 Å². The summed E-state index contributed by atoms with van der Waals surface area (Å²) in [4.78, 5) is 13.6. The Bertz CT molecular complexity index is 859. The Morgan fingerprint density at radius 1 is 1.21 bits per heavy atom. The maximum absolute atomic E-state index is 13.6. The van der Waals surface area contributed by atoms with Gasteiger partial charge in [0.2, 0.25) is 0 Å². The van der Waals surface area contributed by atoms with Crippen LogP contribution in [0.25, 0.3) is 0 Å². The Morgan fingerprint density at radius 3 is 2.85 bits per heavy atom. The van der Waals surface area contributed by atoms with Crippen LogP contribution < -0.4 is 4.74 Å². The van der Waals surface area contributed by atoms with E-state index in [0.29, 0.717) is 17.6 Å². The first-order valence-corrected chi connectivity index (χ1v) is 13.5. The molecule has 3 unspecified atom stereocenters. The molecule has 1 saturated heterocycles. The quantitative estimate of drug-likeness (QED) is 0.412. The van der Waals surface area contributed by atoms with Crippen LogP contribution >= 0.6 is 0 Å². The van der Waals surface area contributed by atoms with Gasteiger partial charge in [0.15, 0.2) is 6.29 Å². The van der Waals surface area contributed by atoms with Crippen LogP contribution in [-0.2, 0) is 27.1 Å². The molecule has 182 valence electrons. The summed E-state index contributed by atoms with van der Waals surface area (Å²) >= 11 is 0. The minimum Gasteiger partial charge on any atom is -0.496 e. The molecule has 6 atom stereocenters. The number of carbonyl (C=O) groups is 1. The van der Waals surface area contributed by atoms with Gasteiger partial charge in [-0.05, 0) is 85.8 Å². The van der Waals surface area contributed by atoms with Crippen molar-refractivity contribution in [2.45, 2.75) is 103 Å². The zero-order chi connectivity index (χ0) is 23.1. The molecule has 4 nitrogen and oxygen atoms in total. The number of benzene rings is 1. The second kappa shape index (κ2) is 9.34. The lowest BCUT2D eigenvalue weighted by Gasteiger charge is -2.42. The molecule has 1 aromatic carbocycles. The number of methoxy groups -OCH3 is 1. The van der Waals surface area contributed by atoms with Crippen LogP contribution in [-0.4, -0.2) is 31.9 Å². The average Bonchev–Trinajstić information content (AvgIpc) is 3.51. The highest BCUT2D eigenvalue weighted by atomic mass is 16.7. The SMILES string of the molecule is CCCCC[C@@H](CC1CC12C(=O)C[C@@H]1Cc3c(cccc3OC)C[C@@]12C)OC1CCCCO1. The van der Waals surface area contributed by atoms with Gasteiger partial charge in [-0.15, -0.1) is 0 Å². The van der Waals surface area contributed by atoms with E-state index in [9.17, 15) is 4.79 Å². The van der Waals surface area contributed by atoms with Crippen LogP contribution in [0.1, 0.15) is 89.2 Å². The first-order chi connectivity index (χ1) is 16.0. The number of fused-ring (bicyclic) bond motifs is 3. The number of hydrogen-bond donors (Lipinski definition) is 0. The van der Waals surface area contributed by atoms with Crippen molar-refractivity contribution < 1.29 is 19.0 Å². The van der Waals surface area contributed by atoms with Gasteiger partial charge in [-0.2, -0.15) is 0 Å². The van der Waals surface area contributed by atoms with Crippen molar-refractivity contribution in [1.29, 1.82) is 0 Å². The summed E-state index contributed by atoms with van der Waals surface area (Å²) in [6.07, 6.45) is 13.1. The summed E-state index contributed by atoms with van der Waals surface area (Å²) in [5.41, 5.74) is 2.64. The molecular weight excluding hydrogens is 412 g/mol. The molecule has 4 heteroatoms. The average molecular weight is 455 g/mol. The van der Waals surface area contributed by atoms with E-state index >= 15 is 0 Å². The molecule has 33 heavy (non-hydrogen) atoms. The summed E-state index contributed by atoms with van der Waals surface area (Å²) in [6, 6.07) is 6.43. The number of carbonyl (C=O) groups excluding carboxylic acids is 1. The molecular formula is C29H42O4. The summed E-state index contributed by atoms with van der Waals surface area (Å²) in [5.74, 6) is 2.41. The van der Waals surface area contributed by atoms with Gasteiger partial charge in [-0.1, -0.05) is 45.2 Å². The zero-order valence-corrected chi connectivity index (χ0v) is 20.9. The molecule has 3 aliphatic carbocycles. The van der Waals surface area contributed by atoms with Crippen LogP contribution in [0.15, 0.2) is 18.2 Å². The van der Waals surface area contributed by atoms with Crippen LogP contribution in [0.3, 0.4) is 0 Å². The highest BCUT2D eigenvalue weighted by Crippen LogP contribution is 2.74. The van der Waals surface area contributed by atoms with Gasteiger partial charge >= 0.3 is 0 Å². The molecule has 3 fully saturated rings. The zero-order valence-electron chi connectivity index (χ0n) is 20.9. The van der Waals surface area contributed by atoms with Gasteiger partial charge in [0.05, 0.1) is 13.2 Å². The first-order valence-electron chi connectivity index (χ1n) is 13.5. The Morgan fingerprint density at radius 2 is 2.09 bits per heavy atom. The summed E-state index contributed by atoms with van der Waals surface area (Å²) in [6.45, 7) is 5.49. The predicted molar refractivity (Wildman–Crippen MR) is 129 cm³/mol. The normalized spacial score (nSPS) is 35.8. The van der Waals surface area contributed by atoms with E-state index in [2.05, 4.69) is 32.0 Å². The number of ketones is 1. The van der Waals surface area contributed by atoms with Crippen molar-refractivity contribution >= 4 is 5.78 Å². The van der Waals surface area contributed by atoms with Gasteiger partial charge in [0, 0.05) is 18.4 Å². The van der Waals surface area contributed by atoms with E-state index < -0.39 is 0 Å². The fourth-order valence-electron chi connectivity index (χ4n) is 7.62. The third kappa shape index (κ3) is 4.05. The van der Waals surface area contributed by atoms with Crippen molar-refractivity contribution in [1.82, 2.24) is 0 Å². The van der Waals surface area contributed by atoms with E-state index in [-0.39, 0.29) is 23.2 Å². The van der Waals surface area contributed by atoms with E-state index in [1.54, 1.807) is 7.11 Å². The van der Waals surface area contributed by atoms with Gasteiger partial charge in [-0.3, -0.25) is 4.79 Å². The number of Topliss-reactive ketones (excluding diaryl/α,β-unsaturated/α-hetero) is 1. The van der Waals surface area contributed by atoms with Gasteiger partial charge in [0.25, 0.3) is 0 Å². The Balaban J connectivity index is 1.33. The number of ether oxygens (including phenoxy) is 3. The number of hydrogen-bond acceptors (Lipinski definition) is 4. The lowest BCUT2D eigenvalue weighted by Crippen LogP contribution is -2.40. The van der Waals surface area contributed by atoms with E-state index in [1.807, 2.05) is 0 Å². The van der Waals surface area contributed by atoms with Crippen molar-refractivity contribution in [2.24, 2.45) is 22.7 Å². The molecule has 2 saturated carbocycles. The van der Waals surface area contributed by atoms with Crippen LogP contribution in [0, 0.1) is 22.7 Å². The smallest absolute Gasteiger partial charge is 0.157 e. The molecule has 0 aromatic heterocycles. The third-order valence-electron chi connectivity index (χ3n) is 9.57. The monoisotopic (exact) mass is 454 g/mol. The fraction of sp³-hybridized carbons (Fsp3) is 0.759. The molecule has 1 heterocycles.